The molecule has 1 fully saturated rings. The smallest absolute Gasteiger partial charge is 0.254 e. The molecular formula is C29H42N2O4. The number of benzene rings is 2. The van der Waals surface area contributed by atoms with Crippen LogP contribution >= 0.6 is 0 Å². The lowest BCUT2D eigenvalue weighted by Gasteiger charge is -2.34. The second-order valence-corrected chi connectivity index (χ2v) is 9.36. The molecule has 2 aromatic carbocycles. The van der Waals surface area contributed by atoms with E-state index in [1.54, 1.807) is 14.2 Å². The number of nitrogens with one attached hydrogen (secondary N) is 1. The van der Waals surface area contributed by atoms with Gasteiger partial charge in [0.05, 0.1) is 13.7 Å². The van der Waals surface area contributed by atoms with E-state index in [1.165, 1.54) is 5.56 Å². The Labute approximate surface area is 210 Å². The zero-order valence-corrected chi connectivity index (χ0v) is 21.8. The molecular weight excluding hydrogens is 440 g/mol. The van der Waals surface area contributed by atoms with Crippen LogP contribution < -0.4 is 14.8 Å². The molecule has 1 amide bonds. The van der Waals surface area contributed by atoms with Gasteiger partial charge in [-0.3, -0.25) is 4.79 Å². The van der Waals surface area contributed by atoms with Crippen LogP contribution in [-0.2, 0) is 11.2 Å². The molecule has 1 aliphatic rings. The lowest BCUT2D eigenvalue weighted by atomic mass is 9.88. The van der Waals surface area contributed by atoms with E-state index in [2.05, 4.69) is 54.4 Å². The van der Waals surface area contributed by atoms with E-state index in [-0.39, 0.29) is 11.9 Å². The topological polar surface area (TPSA) is 60.0 Å². The highest BCUT2D eigenvalue weighted by molar-refractivity contribution is 5.95. The number of carbonyl (C=O) groups is 1. The third kappa shape index (κ3) is 7.45. The van der Waals surface area contributed by atoms with Crippen LogP contribution in [0.15, 0.2) is 48.5 Å². The van der Waals surface area contributed by atoms with Crippen LogP contribution in [0.2, 0.25) is 0 Å². The van der Waals surface area contributed by atoms with Crippen LogP contribution in [0.4, 0.5) is 0 Å². The van der Waals surface area contributed by atoms with Crippen molar-refractivity contribution in [3.63, 3.8) is 0 Å². The van der Waals surface area contributed by atoms with Gasteiger partial charge in [0.15, 0.2) is 11.5 Å². The molecule has 0 spiro atoms. The summed E-state index contributed by atoms with van der Waals surface area (Å²) in [6, 6.07) is 16.4. The van der Waals surface area contributed by atoms with Gasteiger partial charge in [0.25, 0.3) is 5.91 Å². The van der Waals surface area contributed by atoms with Crippen molar-refractivity contribution in [3.05, 3.63) is 59.7 Å². The first-order chi connectivity index (χ1) is 17.1. The Bertz CT molecular complexity index is 901. The molecule has 6 heteroatoms. The fraction of sp³-hybridized carbons (Fsp3) is 0.552. The fourth-order valence-electron chi connectivity index (χ4n) is 5.01. The Morgan fingerprint density at radius 2 is 1.74 bits per heavy atom. The minimum Gasteiger partial charge on any atom is -0.493 e. The Kier molecular flexibility index (Phi) is 10.9. The summed E-state index contributed by atoms with van der Waals surface area (Å²) in [5.41, 5.74) is 2.00. The van der Waals surface area contributed by atoms with Crippen molar-refractivity contribution in [1.82, 2.24) is 10.2 Å². The third-order valence-electron chi connectivity index (χ3n) is 7.06. The number of hydrogen-bond acceptors (Lipinski definition) is 5. The second-order valence-electron chi connectivity index (χ2n) is 9.36. The Morgan fingerprint density at radius 3 is 2.43 bits per heavy atom. The molecule has 35 heavy (non-hydrogen) atoms. The molecule has 1 N–H and O–H groups in total. The fourth-order valence-corrected chi connectivity index (χ4v) is 5.01. The van der Waals surface area contributed by atoms with Gasteiger partial charge in [0.1, 0.15) is 0 Å². The normalized spacial score (nSPS) is 17.5. The van der Waals surface area contributed by atoms with E-state index in [1.807, 2.05) is 18.2 Å². The molecule has 0 unspecified atom stereocenters. The van der Waals surface area contributed by atoms with Crippen LogP contribution in [0.1, 0.15) is 49.0 Å². The highest BCUT2D eigenvalue weighted by Gasteiger charge is 2.33. The zero-order chi connectivity index (χ0) is 25.0. The Balaban J connectivity index is 1.78. The molecule has 2 aromatic rings. The number of carbonyl (C=O) groups excluding carboxylic acids is 1. The second kappa shape index (κ2) is 14.1. The summed E-state index contributed by atoms with van der Waals surface area (Å²) in [6.45, 7) is 8.16. The summed E-state index contributed by atoms with van der Waals surface area (Å²) < 4.78 is 16.5. The number of methoxy groups -OCH3 is 2. The van der Waals surface area contributed by atoms with Gasteiger partial charge in [-0.1, -0.05) is 44.2 Å². The molecule has 1 saturated heterocycles. The molecule has 0 bridgehead atoms. The maximum atomic E-state index is 13.9. The van der Waals surface area contributed by atoms with Gasteiger partial charge in [0.2, 0.25) is 0 Å². The largest absolute Gasteiger partial charge is 0.493 e. The van der Waals surface area contributed by atoms with E-state index in [9.17, 15) is 4.79 Å². The molecule has 1 heterocycles. The van der Waals surface area contributed by atoms with Gasteiger partial charge in [0, 0.05) is 38.3 Å². The van der Waals surface area contributed by atoms with Crippen molar-refractivity contribution in [2.24, 2.45) is 11.8 Å². The van der Waals surface area contributed by atoms with Crippen molar-refractivity contribution >= 4 is 5.91 Å². The summed E-state index contributed by atoms with van der Waals surface area (Å²) in [4.78, 5) is 16.0. The number of nitrogens with zero attached hydrogens (tertiary/aromatic N) is 1. The molecule has 6 nitrogen and oxygen atoms in total. The standard InChI is InChI=1S/C29H42N2O4/c1-5-26(6-2)31(21-25-20-30-19-24(25)17-22-11-8-7-9-12-22)29(32)23-13-14-27(34-4)28(18-23)35-16-10-15-33-3/h7-9,11-14,18,24-26,30H,5-6,10,15-17,19-21H2,1-4H3/t24-,25+/m0/s1. The minimum absolute atomic E-state index is 0.0634. The third-order valence-corrected chi connectivity index (χ3v) is 7.06. The van der Waals surface area contributed by atoms with Crippen molar-refractivity contribution < 1.29 is 19.0 Å². The van der Waals surface area contributed by atoms with E-state index >= 15 is 0 Å². The maximum Gasteiger partial charge on any atom is 0.254 e. The first kappa shape index (κ1) is 27.0. The van der Waals surface area contributed by atoms with Gasteiger partial charge >= 0.3 is 0 Å². The van der Waals surface area contributed by atoms with Crippen LogP contribution in [0.25, 0.3) is 0 Å². The molecule has 0 aromatic heterocycles. The van der Waals surface area contributed by atoms with Crippen LogP contribution in [0.5, 0.6) is 11.5 Å². The molecule has 1 aliphatic heterocycles. The Hall–Kier alpha value is -2.57. The lowest BCUT2D eigenvalue weighted by Crippen LogP contribution is -2.44. The number of ether oxygens (including phenoxy) is 3. The first-order valence-electron chi connectivity index (χ1n) is 13.0. The highest BCUT2D eigenvalue weighted by Crippen LogP contribution is 2.30. The average Bonchev–Trinajstić information content (AvgIpc) is 3.33. The van der Waals surface area contributed by atoms with Gasteiger partial charge in [-0.15, -0.1) is 0 Å². The van der Waals surface area contributed by atoms with Crippen LogP contribution in [-0.4, -0.2) is 63.9 Å². The molecule has 3 rings (SSSR count). The minimum atomic E-state index is 0.0634. The van der Waals surface area contributed by atoms with Gasteiger partial charge in [-0.2, -0.15) is 0 Å². The first-order valence-corrected chi connectivity index (χ1v) is 13.0. The van der Waals surface area contributed by atoms with E-state index < -0.39 is 0 Å². The highest BCUT2D eigenvalue weighted by atomic mass is 16.5. The van der Waals surface area contributed by atoms with Crippen molar-refractivity contribution in [1.29, 1.82) is 0 Å². The predicted octanol–water partition coefficient (Wildman–Crippen LogP) is 4.82. The summed E-state index contributed by atoms with van der Waals surface area (Å²) in [5, 5.41) is 3.57. The van der Waals surface area contributed by atoms with Crippen LogP contribution in [0.3, 0.4) is 0 Å². The van der Waals surface area contributed by atoms with Gasteiger partial charge in [-0.05, 0) is 68.0 Å². The zero-order valence-electron chi connectivity index (χ0n) is 21.8. The molecule has 0 radical (unpaired) electrons. The van der Waals surface area contributed by atoms with Gasteiger partial charge in [-0.25, -0.2) is 0 Å². The lowest BCUT2D eigenvalue weighted by molar-refractivity contribution is 0.0617. The predicted molar refractivity (Wildman–Crippen MR) is 140 cm³/mol. The SMILES string of the molecule is CCC(CC)N(C[C@H]1CNC[C@@H]1Cc1ccccc1)C(=O)c1ccc(OC)c(OCCCOC)c1. The Morgan fingerprint density at radius 1 is 1.00 bits per heavy atom. The number of amides is 1. The van der Waals surface area contributed by atoms with Gasteiger partial charge < -0.3 is 24.4 Å². The summed E-state index contributed by atoms with van der Waals surface area (Å²) >= 11 is 0. The summed E-state index contributed by atoms with van der Waals surface area (Å²) in [5.74, 6) is 2.23. The van der Waals surface area contributed by atoms with Crippen LogP contribution in [0, 0.1) is 11.8 Å². The summed E-state index contributed by atoms with van der Waals surface area (Å²) in [7, 11) is 3.30. The van der Waals surface area contributed by atoms with E-state index in [0.29, 0.717) is 42.1 Å². The van der Waals surface area contributed by atoms with Crippen molar-refractivity contribution in [3.8, 4) is 11.5 Å². The van der Waals surface area contributed by atoms with Crippen molar-refractivity contribution in [2.45, 2.75) is 45.6 Å². The molecule has 192 valence electrons. The summed E-state index contributed by atoms with van der Waals surface area (Å²) in [6.07, 6.45) is 3.67. The number of hydrogen-bond donors (Lipinski definition) is 1. The molecule has 2 atom stereocenters. The van der Waals surface area contributed by atoms with E-state index in [0.717, 1.165) is 45.3 Å². The van der Waals surface area contributed by atoms with Crippen molar-refractivity contribution in [2.75, 3.05) is 47.1 Å². The molecule has 0 aliphatic carbocycles. The monoisotopic (exact) mass is 482 g/mol. The molecule has 0 saturated carbocycles. The maximum absolute atomic E-state index is 13.9. The average molecular weight is 483 g/mol. The van der Waals surface area contributed by atoms with E-state index in [4.69, 9.17) is 14.2 Å². The number of rotatable bonds is 14. The quantitative estimate of drug-likeness (QED) is 0.391.